The van der Waals surface area contributed by atoms with Gasteiger partial charge >= 0.3 is 11.9 Å². The van der Waals surface area contributed by atoms with Crippen LogP contribution in [-0.4, -0.2) is 42.9 Å². The number of benzene rings is 1. The van der Waals surface area contributed by atoms with Gasteiger partial charge in [-0.05, 0) is 42.7 Å². The monoisotopic (exact) mass is 511 g/mol. The van der Waals surface area contributed by atoms with Gasteiger partial charge < -0.3 is 14.8 Å². The number of halogens is 2. The van der Waals surface area contributed by atoms with Crippen LogP contribution in [0.3, 0.4) is 0 Å². The van der Waals surface area contributed by atoms with Crippen LogP contribution in [0.5, 0.6) is 0 Å². The zero-order valence-corrected chi connectivity index (χ0v) is 21.3. The Morgan fingerprint density at radius 3 is 2.61 bits per heavy atom. The number of ketones is 1. The Hall–Kier alpha value is -1.96. The smallest absolute Gasteiger partial charge is 0.336 e. The van der Waals surface area contributed by atoms with E-state index in [9.17, 15) is 14.4 Å². The van der Waals surface area contributed by atoms with Gasteiger partial charge in [-0.25, -0.2) is 4.79 Å². The Bertz CT molecular complexity index is 1040. The molecule has 0 fully saturated rings. The van der Waals surface area contributed by atoms with E-state index in [1.165, 1.54) is 7.11 Å². The number of thioether (sulfide) groups is 1. The zero-order chi connectivity index (χ0) is 24.3. The lowest BCUT2D eigenvalue weighted by Crippen LogP contribution is -2.43. The summed E-state index contributed by atoms with van der Waals surface area (Å²) in [5.74, 6) is -1.80. The van der Waals surface area contributed by atoms with Gasteiger partial charge in [0.2, 0.25) is 0 Å². The number of allylic oxidation sites excluding steroid dienone is 3. The summed E-state index contributed by atoms with van der Waals surface area (Å²) in [5.41, 5.74) is 2.61. The standard InChI is InChI=1S/C24H27Cl2NO5S/c1-5-33-9-8-32-24(30)19-13(3)27-17-10-12(2)18(23(29)31-4)22(28)21(17)20(19)14-6-7-15(25)16(26)11-14/h6-7,11-12,18,20,27H,5,8-10H2,1-4H3/t12-,18-,20-/m1/s1. The third kappa shape index (κ3) is 5.26. The molecule has 6 nitrogen and oxygen atoms in total. The lowest BCUT2D eigenvalue weighted by molar-refractivity contribution is -0.151. The van der Waals surface area contributed by atoms with Gasteiger partial charge in [0.05, 0.1) is 22.7 Å². The summed E-state index contributed by atoms with van der Waals surface area (Å²) in [6.07, 6.45) is 0.464. The number of hydrogen-bond acceptors (Lipinski definition) is 7. The first-order chi connectivity index (χ1) is 15.7. The molecule has 3 rings (SSSR count). The molecule has 0 bridgehead atoms. The molecule has 0 aromatic heterocycles. The molecule has 0 saturated heterocycles. The summed E-state index contributed by atoms with van der Waals surface area (Å²) in [6.45, 7) is 5.91. The summed E-state index contributed by atoms with van der Waals surface area (Å²) in [7, 11) is 1.27. The van der Waals surface area contributed by atoms with Crippen LogP contribution in [0.4, 0.5) is 0 Å². The Labute approximate surface area is 208 Å². The van der Waals surface area contributed by atoms with E-state index in [1.54, 1.807) is 36.9 Å². The van der Waals surface area contributed by atoms with Gasteiger partial charge in [-0.15, -0.1) is 0 Å². The molecule has 1 heterocycles. The van der Waals surface area contributed by atoms with Crippen molar-refractivity contribution in [1.82, 2.24) is 5.32 Å². The molecule has 33 heavy (non-hydrogen) atoms. The van der Waals surface area contributed by atoms with Crippen molar-refractivity contribution < 1.29 is 23.9 Å². The van der Waals surface area contributed by atoms with Crippen molar-refractivity contribution in [1.29, 1.82) is 0 Å². The molecule has 1 aliphatic carbocycles. The van der Waals surface area contributed by atoms with Crippen molar-refractivity contribution in [3.05, 3.63) is 56.3 Å². The quantitative estimate of drug-likeness (QED) is 0.316. The van der Waals surface area contributed by atoms with Crippen LogP contribution in [-0.2, 0) is 23.9 Å². The molecular weight excluding hydrogens is 485 g/mol. The van der Waals surface area contributed by atoms with Crippen LogP contribution >= 0.6 is 35.0 Å². The molecule has 0 radical (unpaired) electrons. The maximum Gasteiger partial charge on any atom is 0.336 e. The second kappa shape index (κ2) is 11.0. The van der Waals surface area contributed by atoms with E-state index in [0.717, 1.165) is 5.75 Å². The Morgan fingerprint density at radius 2 is 1.97 bits per heavy atom. The first kappa shape index (κ1) is 25.7. The molecule has 0 amide bonds. The highest BCUT2D eigenvalue weighted by molar-refractivity contribution is 7.99. The predicted molar refractivity (Wildman–Crippen MR) is 130 cm³/mol. The molecule has 1 aromatic carbocycles. The second-order valence-electron chi connectivity index (χ2n) is 8.04. The number of rotatable bonds is 7. The van der Waals surface area contributed by atoms with E-state index in [-0.39, 0.29) is 18.3 Å². The van der Waals surface area contributed by atoms with Crippen LogP contribution in [0.2, 0.25) is 10.0 Å². The summed E-state index contributed by atoms with van der Waals surface area (Å²) >= 11 is 14.1. The largest absolute Gasteiger partial charge is 0.468 e. The van der Waals surface area contributed by atoms with Crippen LogP contribution < -0.4 is 5.32 Å². The first-order valence-corrected chi connectivity index (χ1v) is 12.6. The third-order valence-corrected chi connectivity index (χ3v) is 7.51. The van der Waals surface area contributed by atoms with Crippen molar-refractivity contribution in [3.63, 3.8) is 0 Å². The van der Waals surface area contributed by atoms with Crippen molar-refractivity contribution in [2.24, 2.45) is 11.8 Å². The van der Waals surface area contributed by atoms with Gasteiger partial charge in [0.1, 0.15) is 12.5 Å². The van der Waals surface area contributed by atoms with Crippen LogP contribution in [0, 0.1) is 11.8 Å². The Balaban J connectivity index is 2.10. The molecular formula is C24H27Cl2NO5S. The van der Waals surface area contributed by atoms with E-state index in [4.69, 9.17) is 32.7 Å². The molecule has 0 spiro atoms. The number of hydrogen-bond donors (Lipinski definition) is 1. The highest BCUT2D eigenvalue weighted by Gasteiger charge is 2.47. The number of esters is 2. The molecule has 0 saturated carbocycles. The average molecular weight is 512 g/mol. The molecule has 2 aliphatic rings. The fourth-order valence-corrected chi connectivity index (χ4v) is 5.19. The molecule has 1 aliphatic heterocycles. The van der Waals surface area contributed by atoms with Crippen molar-refractivity contribution >= 4 is 52.7 Å². The Morgan fingerprint density at radius 1 is 1.24 bits per heavy atom. The van der Waals surface area contributed by atoms with Crippen LogP contribution in [0.1, 0.15) is 38.7 Å². The fraction of sp³-hybridized carbons (Fsp3) is 0.458. The molecule has 9 heteroatoms. The minimum atomic E-state index is -0.947. The minimum absolute atomic E-state index is 0.252. The lowest BCUT2D eigenvalue weighted by atomic mass is 9.69. The predicted octanol–water partition coefficient (Wildman–Crippen LogP) is 4.90. The van der Waals surface area contributed by atoms with Gasteiger partial charge in [-0.3, -0.25) is 9.59 Å². The summed E-state index contributed by atoms with van der Waals surface area (Å²) in [6, 6.07) is 5.02. The topological polar surface area (TPSA) is 81.7 Å². The molecule has 1 aromatic rings. The van der Waals surface area contributed by atoms with Gasteiger partial charge in [-0.1, -0.05) is 43.1 Å². The van der Waals surface area contributed by atoms with E-state index in [2.05, 4.69) is 5.32 Å². The molecule has 3 atom stereocenters. The van der Waals surface area contributed by atoms with E-state index in [0.29, 0.717) is 50.3 Å². The Kier molecular flexibility index (Phi) is 8.54. The first-order valence-electron chi connectivity index (χ1n) is 10.7. The molecule has 178 valence electrons. The minimum Gasteiger partial charge on any atom is -0.468 e. The molecule has 1 N–H and O–H groups in total. The summed E-state index contributed by atoms with van der Waals surface area (Å²) in [5, 5.41) is 3.90. The highest BCUT2D eigenvalue weighted by atomic mass is 35.5. The number of Topliss-reactive ketones (excluding diaryl/α,β-unsaturated/α-hetero) is 1. The SMILES string of the molecule is CCSCCOC(=O)C1=C(C)NC2=C(C(=O)[C@H](C(=O)OC)[C@H](C)C2)[C@@H]1c1ccc(Cl)c(Cl)c1. The van der Waals surface area contributed by atoms with Crippen LogP contribution in [0.15, 0.2) is 40.7 Å². The van der Waals surface area contributed by atoms with Gasteiger partial charge in [0.15, 0.2) is 5.78 Å². The summed E-state index contributed by atoms with van der Waals surface area (Å²) < 4.78 is 10.5. The number of carbonyl (C=O) groups is 3. The maximum atomic E-state index is 13.6. The fourth-order valence-electron chi connectivity index (χ4n) is 4.39. The number of ether oxygens (including phenoxy) is 2. The maximum absolute atomic E-state index is 13.6. The van der Waals surface area contributed by atoms with Crippen molar-refractivity contribution in [2.45, 2.75) is 33.1 Å². The van der Waals surface area contributed by atoms with E-state index >= 15 is 0 Å². The number of methoxy groups -OCH3 is 1. The number of carbonyl (C=O) groups excluding carboxylic acids is 3. The van der Waals surface area contributed by atoms with E-state index < -0.39 is 23.8 Å². The second-order valence-corrected chi connectivity index (χ2v) is 10.3. The number of dihydropyridines is 1. The zero-order valence-electron chi connectivity index (χ0n) is 19.0. The van der Waals surface area contributed by atoms with Gasteiger partial charge in [0, 0.05) is 28.6 Å². The van der Waals surface area contributed by atoms with Gasteiger partial charge in [-0.2, -0.15) is 11.8 Å². The average Bonchev–Trinajstić information content (AvgIpc) is 2.77. The summed E-state index contributed by atoms with van der Waals surface area (Å²) in [4.78, 5) is 39.3. The highest BCUT2D eigenvalue weighted by Crippen LogP contribution is 2.46. The third-order valence-electron chi connectivity index (χ3n) is 5.90. The van der Waals surface area contributed by atoms with Crippen LogP contribution in [0.25, 0.3) is 0 Å². The normalized spacial score (nSPS) is 22.6. The van der Waals surface area contributed by atoms with Crippen molar-refractivity contribution in [2.75, 3.05) is 25.2 Å². The van der Waals surface area contributed by atoms with E-state index in [1.807, 2.05) is 13.8 Å². The van der Waals surface area contributed by atoms with Crippen molar-refractivity contribution in [3.8, 4) is 0 Å². The van der Waals surface area contributed by atoms with Gasteiger partial charge in [0.25, 0.3) is 0 Å². The lowest BCUT2D eigenvalue weighted by Gasteiger charge is -2.38. The molecule has 0 unspecified atom stereocenters. The number of nitrogens with one attached hydrogen (secondary N) is 1.